The van der Waals surface area contributed by atoms with E-state index in [2.05, 4.69) is 5.32 Å². The van der Waals surface area contributed by atoms with Crippen LogP contribution >= 0.6 is 0 Å². The van der Waals surface area contributed by atoms with E-state index in [9.17, 15) is 18.0 Å². The van der Waals surface area contributed by atoms with Crippen LogP contribution < -0.4 is 5.32 Å². The largest absolute Gasteiger partial charge is 0.337 e. The Morgan fingerprint density at radius 3 is 2.56 bits per heavy atom. The van der Waals surface area contributed by atoms with E-state index in [1.165, 1.54) is 10.6 Å². The molecule has 0 aliphatic carbocycles. The van der Waals surface area contributed by atoms with Crippen molar-refractivity contribution in [2.24, 2.45) is 0 Å². The van der Waals surface area contributed by atoms with Gasteiger partial charge in [-0.15, -0.1) is 0 Å². The third kappa shape index (κ3) is 3.28. The molecule has 0 saturated carbocycles. The fraction of sp³-hybridized carbons (Fsp3) is 0.529. The molecule has 0 bridgehead atoms. The van der Waals surface area contributed by atoms with Crippen LogP contribution in [0.3, 0.4) is 0 Å². The molecule has 1 N–H and O–H groups in total. The molecule has 2 heterocycles. The highest BCUT2D eigenvalue weighted by Crippen LogP contribution is 2.37. The zero-order chi connectivity index (χ0) is 18.4. The van der Waals surface area contributed by atoms with Gasteiger partial charge in [-0.25, -0.2) is 12.7 Å². The second-order valence-electron chi connectivity index (χ2n) is 7.15. The predicted molar refractivity (Wildman–Crippen MR) is 95.0 cm³/mol. The number of hydrogen-bond donors (Lipinski definition) is 1. The van der Waals surface area contributed by atoms with Crippen molar-refractivity contribution < 1.29 is 18.0 Å². The molecule has 7 nitrogen and oxygen atoms in total. The number of nitrogens with zero attached hydrogens (tertiary/aromatic N) is 2. The second kappa shape index (κ2) is 6.10. The summed E-state index contributed by atoms with van der Waals surface area (Å²) < 4.78 is 24.8. The van der Waals surface area contributed by atoms with Crippen molar-refractivity contribution in [3.05, 3.63) is 29.3 Å². The van der Waals surface area contributed by atoms with Crippen LogP contribution in [-0.2, 0) is 20.2 Å². The van der Waals surface area contributed by atoms with Crippen LogP contribution in [0.2, 0.25) is 0 Å². The molecule has 0 radical (unpaired) electrons. The van der Waals surface area contributed by atoms with Gasteiger partial charge in [0.2, 0.25) is 15.9 Å². The molecule has 0 aromatic heterocycles. The summed E-state index contributed by atoms with van der Waals surface area (Å²) in [6.07, 6.45) is 1.80. The number of carbonyl (C=O) groups excluding carboxylic acids is 2. The summed E-state index contributed by atoms with van der Waals surface area (Å²) in [6.45, 7) is 5.28. The summed E-state index contributed by atoms with van der Waals surface area (Å²) in [5.41, 5.74) is 1.41. The molecule has 1 aromatic rings. The number of sulfonamides is 1. The first-order chi connectivity index (χ1) is 11.6. The van der Waals surface area contributed by atoms with E-state index in [1.807, 2.05) is 13.8 Å². The molecular weight excluding hydrogens is 342 g/mol. The maximum absolute atomic E-state index is 12.9. The van der Waals surface area contributed by atoms with Crippen LogP contribution in [0.15, 0.2) is 18.2 Å². The maximum atomic E-state index is 12.9. The van der Waals surface area contributed by atoms with Gasteiger partial charge in [0.15, 0.2) is 0 Å². The van der Waals surface area contributed by atoms with Crippen molar-refractivity contribution in [1.82, 2.24) is 9.21 Å². The molecular formula is C17H23N3O4S. The number of rotatable bonds is 2. The van der Waals surface area contributed by atoms with E-state index in [0.29, 0.717) is 38.2 Å². The average Bonchev–Trinajstić information content (AvgIpc) is 2.73. The molecule has 2 aliphatic rings. The first kappa shape index (κ1) is 17.9. The van der Waals surface area contributed by atoms with Crippen LogP contribution in [0.5, 0.6) is 0 Å². The molecule has 2 amide bonds. The van der Waals surface area contributed by atoms with Gasteiger partial charge in [-0.3, -0.25) is 9.59 Å². The van der Waals surface area contributed by atoms with Crippen molar-refractivity contribution in [2.75, 3.05) is 37.8 Å². The van der Waals surface area contributed by atoms with Gasteiger partial charge in [-0.05, 0) is 44.0 Å². The van der Waals surface area contributed by atoms with Crippen molar-refractivity contribution in [3.63, 3.8) is 0 Å². The average molecular weight is 365 g/mol. The Labute approximate surface area is 148 Å². The minimum Gasteiger partial charge on any atom is -0.337 e. The lowest BCUT2D eigenvalue weighted by Crippen LogP contribution is -2.37. The third-order valence-electron chi connectivity index (χ3n) is 4.97. The number of benzene rings is 1. The van der Waals surface area contributed by atoms with E-state index in [-0.39, 0.29) is 11.8 Å². The van der Waals surface area contributed by atoms with Crippen molar-refractivity contribution >= 4 is 27.5 Å². The van der Waals surface area contributed by atoms with Crippen molar-refractivity contribution in [2.45, 2.75) is 25.7 Å². The molecule has 1 aromatic carbocycles. The van der Waals surface area contributed by atoms with Crippen LogP contribution in [-0.4, -0.2) is 61.9 Å². The number of fused-ring (bicyclic) bond motifs is 1. The highest BCUT2D eigenvalue weighted by Gasteiger charge is 2.39. The van der Waals surface area contributed by atoms with Crippen LogP contribution in [0.4, 0.5) is 5.69 Å². The Morgan fingerprint density at radius 2 is 1.88 bits per heavy atom. The quantitative estimate of drug-likeness (QED) is 0.848. The summed E-state index contributed by atoms with van der Waals surface area (Å²) in [6, 6.07) is 5.24. The van der Waals surface area contributed by atoms with Crippen LogP contribution in [0.25, 0.3) is 0 Å². The summed E-state index contributed by atoms with van der Waals surface area (Å²) >= 11 is 0. The van der Waals surface area contributed by atoms with E-state index >= 15 is 0 Å². The standard InChI is InChI=1S/C17H23N3O4S/c1-17(2)13-11-12(5-6-14(13)18-16(17)22)15(21)19-7-4-8-20(10-9-19)25(3,23)24/h5-6,11H,4,7-10H2,1-3H3,(H,18,22). The van der Waals surface area contributed by atoms with Gasteiger partial charge in [0, 0.05) is 37.4 Å². The molecule has 2 aliphatic heterocycles. The minimum absolute atomic E-state index is 0.0781. The summed E-state index contributed by atoms with van der Waals surface area (Å²) in [5.74, 6) is -0.209. The Morgan fingerprint density at radius 1 is 1.16 bits per heavy atom. The van der Waals surface area contributed by atoms with Crippen LogP contribution in [0.1, 0.15) is 36.2 Å². The highest BCUT2D eigenvalue weighted by atomic mass is 32.2. The molecule has 136 valence electrons. The monoisotopic (exact) mass is 365 g/mol. The maximum Gasteiger partial charge on any atom is 0.253 e. The Bertz CT molecular complexity index is 832. The molecule has 1 saturated heterocycles. The summed E-state index contributed by atoms with van der Waals surface area (Å²) in [4.78, 5) is 26.6. The Hall–Kier alpha value is -1.93. The zero-order valence-corrected chi connectivity index (χ0v) is 15.5. The fourth-order valence-corrected chi connectivity index (χ4v) is 4.19. The van der Waals surface area contributed by atoms with E-state index in [4.69, 9.17) is 0 Å². The Balaban J connectivity index is 1.81. The molecule has 3 rings (SSSR count). The molecule has 0 spiro atoms. The van der Waals surface area contributed by atoms with Gasteiger partial charge in [0.25, 0.3) is 5.91 Å². The smallest absolute Gasteiger partial charge is 0.253 e. The first-order valence-corrected chi connectivity index (χ1v) is 10.2. The van der Waals surface area contributed by atoms with Gasteiger partial charge >= 0.3 is 0 Å². The van der Waals surface area contributed by atoms with Crippen molar-refractivity contribution in [1.29, 1.82) is 0 Å². The normalized spacial score (nSPS) is 20.8. The molecule has 0 atom stereocenters. The number of hydrogen-bond acceptors (Lipinski definition) is 4. The molecule has 25 heavy (non-hydrogen) atoms. The first-order valence-electron chi connectivity index (χ1n) is 8.31. The summed E-state index contributed by atoms with van der Waals surface area (Å²) in [5, 5.41) is 2.83. The van der Waals surface area contributed by atoms with Gasteiger partial charge in [0.1, 0.15) is 0 Å². The zero-order valence-electron chi connectivity index (χ0n) is 14.7. The molecule has 8 heteroatoms. The van der Waals surface area contributed by atoms with E-state index in [1.54, 1.807) is 23.1 Å². The number of nitrogens with one attached hydrogen (secondary N) is 1. The Kier molecular flexibility index (Phi) is 4.36. The number of carbonyl (C=O) groups is 2. The lowest BCUT2D eigenvalue weighted by atomic mass is 9.85. The third-order valence-corrected chi connectivity index (χ3v) is 6.27. The van der Waals surface area contributed by atoms with Crippen molar-refractivity contribution in [3.8, 4) is 0 Å². The van der Waals surface area contributed by atoms with Gasteiger partial charge in [-0.2, -0.15) is 0 Å². The topological polar surface area (TPSA) is 86.8 Å². The second-order valence-corrected chi connectivity index (χ2v) is 9.13. The minimum atomic E-state index is -3.24. The lowest BCUT2D eigenvalue weighted by molar-refractivity contribution is -0.119. The SMILES string of the molecule is CC1(C)C(=O)Nc2ccc(C(=O)N3CCCN(S(C)(=O)=O)CC3)cc21. The summed E-state index contributed by atoms with van der Waals surface area (Å²) in [7, 11) is -3.24. The van der Waals surface area contributed by atoms with Gasteiger partial charge in [0.05, 0.1) is 11.7 Å². The highest BCUT2D eigenvalue weighted by molar-refractivity contribution is 7.88. The predicted octanol–water partition coefficient (Wildman–Crippen LogP) is 1.02. The van der Waals surface area contributed by atoms with E-state index in [0.717, 1.165) is 11.3 Å². The fourth-order valence-electron chi connectivity index (χ4n) is 3.32. The molecule has 1 fully saturated rings. The lowest BCUT2D eigenvalue weighted by Gasteiger charge is -2.22. The molecule has 0 unspecified atom stereocenters. The van der Waals surface area contributed by atoms with Gasteiger partial charge in [-0.1, -0.05) is 0 Å². The number of anilines is 1. The van der Waals surface area contributed by atoms with Crippen LogP contribution in [0, 0.1) is 0 Å². The van der Waals surface area contributed by atoms with Gasteiger partial charge < -0.3 is 10.2 Å². The number of amides is 2. The van der Waals surface area contributed by atoms with E-state index < -0.39 is 15.4 Å².